The van der Waals surface area contributed by atoms with E-state index in [0.29, 0.717) is 52.4 Å². The van der Waals surface area contributed by atoms with Gasteiger partial charge >= 0.3 is 0 Å². The number of nitrogens with two attached hydrogens (primary N) is 1. The number of rotatable bonds is 3. The van der Waals surface area contributed by atoms with Crippen LogP contribution in [0.15, 0.2) is 11.6 Å². The van der Waals surface area contributed by atoms with Gasteiger partial charge in [0.25, 0.3) is 0 Å². The van der Waals surface area contributed by atoms with E-state index >= 15 is 0 Å². The van der Waals surface area contributed by atoms with Crippen LogP contribution in [0, 0.1) is 11.3 Å². The molecule has 2 atom stereocenters. The van der Waals surface area contributed by atoms with Crippen molar-refractivity contribution in [2.24, 2.45) is 17.1 Å². The second kappa shape index (κ2) is 5.77. The van der Waals surface area contributed by atoms with E-state index in [2.05, 4.69) is 0 Å². The molecule has 0 saturated carbocycles. The topological polar surface area (TPSA) is 81.9 Å². The molecule has 0 radical (unpaired) electrons. The summed E-state index contributed by atoms with van der Waals surface area (Å²) >= 11 is 0. The Morgan fingerprint density at radius 1 is 1.38 bits per heavy atom. The first-order valence-electron chi connectivity index (χ1n) is 7.53. The number of carbonyl (C=O) groups excluding carboxylic acids is 2. The molecule has 116 valence electrons. The van der Waals surface area contributed by atoms with Crippen LogP contribution in [0.25, 0.3) is 0 Å². The molecule has 0 aliphatic carbocycles. The first-order valence-corrected chi connectivity index (χ1v) is 7.53. The van der Waals surface area contributed by atoms with Gasteiger partial charge in [0.1, 0.15) is 0 Å². The van der Waals surface area contributed by atoms with Crippen LogP contribution < -0.4 is 5.73 Å². The molecule has 3 aliphatic rings. The molecule has 2 fully saturated rings. The van der Waals surface area contributed by atoms with Crippen molar-refractivity contribution in [1.29, 1.82) is 0 Å². The molecule has 3 aliphatic heterocycles. The van der Waals surface area contributed by atoms with Gasteiger partial charge in [0.15, 0.2) is 0 Å². The van der Waals surface area contributed by atoms with Gasteiger partial charge in [-0.05, 0) is 12.8 Å². The minimum atomic E-state index is -0.585. The number of hydrogen-bond donors (Lipinski definition) is 1. The van der Waals surface area contributed by atoms with E-state index in [1.54, 1.807) is 4.90 Å². The largest absolute Gasteiger partial charge is 0.381 e. The summed E-state index contributed by atoms with van der Waals surface area (Å²) in [5, 5.41) is 0. The summed E-state index contributed by atoms with van der Waals surface area (Å²) in [4.78, 5) is 26.2. The third-order valence-corrected chi connectivity index (χ3v) is 4.99. The lowest BCUT2D eigenvalue weighted by Crippen LogP contribution is -2.48. The number of carbonyl (C=O) groups is 2. The highest BCUT2D eigenvalue weighted by Gasteiger charge is 2.53. The van der Waals surface area contributed by atoms with E-state index in [4.69, 9.17) is 15.2 Å². The number of amides is 2. The Kier molecular flexibility index (Phi) is 3.99. The molecule has 0 spiro atoms. The highest BCUT2D eigenvalue weighted by Crippen LogP contribution is 2.42. The Morgan fingerprint density at radius 3 is 2.90 bits per heavy atom. The fourth-order valence-electron chi connectivity index (χ4n) is 3.57. The van der Waals surface area contributed by atoms with Crippen LogP contribution in [0.2, 0.25) is 0 Å². The van der Waals surface area contributed by atoms with E-state index in [0.717, 1.165) is 12.0 Å². The van der Waals surface area contributed by atoms with Gasteiger partial charge in [-0.1, -0.05) is 11.6 Å². The van der Waals surface area contributed by atoms with Gasteiger partial charge < -0.3 is 20.1 Å². The zero-order valence-electron chi connectivity index (χ0n) is 12.2. The minimum Gasteiger partial charge on any atom is -0.381 e. The summed E-state index contributed by atoms with van der Waals surface area (Å²) in [5.41, 5.74) is 6.17. The summed E-state index contributed by atoms with van der Waals surface area (Å²) < 4.78 is 10.7. The van der Waals surface area contributed by atoms with Crippen molar-refractivity contribution < 1.29 is 19.1 Å². The number of ether oxygens (including phenoxy) is 2. The zero-order valence-corrected chi connectivity index (χ0v) is 12.2. The van der Waals surface area contributed by atoms with Gasteiger partial charge in [-0.2, -0.15) is 0 Å². The van der Waals surface area contributed by atoms with Gasteiger partial charge in [-0.3, -0.25) is 9.59 Å². The Morgan fingerprint density at radius 2 is 2.24 bits per heavy atom. The third kappa shape index (κ3) is 2.70. The smallest absolute Gasteiger partial charge is 0.226 e. The van der Waals surface area contributed by atoms with Crippen LogP contribution in [-0.2, 0) is 19.1 Å². The molecule has 2 saturated heterocycles. The minimum absolute atomic E-state index is 0.0383. The molecule has 0 aromatic heterocycles. The maximum absolute atomic E-state index is 12.5. The lowest BCUT2D eigenvalue weighted by atomic mass is 9.74. The molecular formula is C15H22N2O4. The van der Waals surface area contributed by atoms with Gasteiger partial charge in [-0.15, -0.1) is 0 Å². The average Bonchev–Trinajstić information content (AvgIpc) is 2.89. The highest BCUT2D eigenvalue weighted by atomic mass is 16.5. The van der Waals surface area contributed by atoms with Gasteiger partial charge in [0.2, 0.25) is 11.8 Å². The first kappa shape index (κ1) is 14.5. The quantitative estimate of drug-likeness (QED) is 0.747. The molecule has 0 bridgehead atoms. The van der Waals surface area contributed by atoms with Gasteiger partial charge in [-0.25, -0.2) is 0 Å². The SMILES string of the molecule is NC(=O)[C@]12CCOC[C@H]1CN(C(=O)CC1=CCOCC1)C2. The van der Waals surface area contributed by atoms with Gasteiger partial charge in [0.05, 0.1) is 25.2 Å². The number of nitrogens with zero attached hydrogens (tertiary/aromatic N) is 1. The predicted octanol–water partition coefficient (Wildman–Crippen LogP) is 0.0736. The fraction of sp³-hybridized carbons (Fsp3) is 0.733. The molecule has 21 heavy (non-hydrogen) atoms. The first-order chi connectivity index (χ1) is 10.1. The Bertz CT molecular complexity index is 476. The van der Waals surface area contributed by atoms with Crippen LogP contribution in [0.4, 0.5) is 0 Å². The highest BCUT2D eigenvalue weighted by molar-refractivity contribution is 5.85. The molecule has 0 aromatic rings. The molecule has 2 amide bonds. The maximum atomic E-state index is 12.5. The molecule has 2 N–H and O–H groups in total. The number of fused-ring (bicyclic) bond motifs is 1. The van der Waals surface area contributed by atoms with Crippen molar-refractivity contribution in [3.8, 4) is 0 Å². The van der Waals surface area contributed by atoms with Crippen molar-refractivity contribution in [3.63, 3.8) is 0 Å². The lowest BCUT2D eigenvalue weighted by Gasteiger charge is -2.35. The van der Waals surface area contributed by atoms with Crippen molar-refractivity contribution in [3.05, 3.63) is 11.6 Å². The van der Waals surface area contributed by atoms with Crippen molar-refractivity contribution in [2.45, 2.75) is 19.3 Å². The summed E-state index contributed by atoms with van der Waals surface area (Å²) in [6.45, 7) is 3.35. The van der Waals surface area contributed by atoms with Crippen molar-refractivity contribution in [2.75, 3.05) is 39.5 Å². The van der Waals surface area contributed by atoms with E-state index < -0.39 is 5.41 Å². The second-order valence-corrected chi connectivity index (χ2v) is 6.18. The van der Waals surface area contributed by atoms with Crippen LogP contribution in [0.1, 0.15) is 19.3 Å². The molecule has 6 heteroatoms. The van der Waals surface area contributed by atoms with E-state index in [1.165, 1.54) is 0 Å². The number of likely N-dealkylation sites (tertiary alicyclic amines) is 1. The number of hydrogen-bond acceptors (Lipinski definition) is 4. The van der Waals surface area contributed by atoms with Crippen molar-refractivity contribution in [1.82, 2.24) is 4.90 Å². The molecule has 3 heterocycles. The second-order valence-electron chi connectivity index (χ2n) is 6.18. The van der Waals surface area contributed by atoms with Crippen molar-refractivity contribution >= 4 is 11.8 Å². The van der Waals surface area contributed by atoms with Gasteiger partial charge in [0, 0.05) is 32.0 Å². The van der Waals surface area contributed by atoms with Crippen LogP contribution >= 0.6 is 0 Å². The summed E-state index contributed by atoms with van der Waals surface area (Å²) in [6.07, 6.45) is 3.84. The normalized spacial score (nSPS) is 32.5. The van der Waals surface area contributed by atoms with E-state index in [1.807, 2.05) is 6.08 Å². The van der Waals surface area contributed by atoms with Crippen LogP contribution in [-0.4, -0.2) is 56.2 Å². The summed E-state index contributed by atoms with van der Waals surface area (Å²) in [7, 11) is 0. The van der Waals surface area contributed by atoms with E-state index in [9.17, 15) is 9.59 Å². The fourth-order valence-corrected chi connectivity index (χ4v) is 3.57. The van der Waals surface area contributed by atoms with E-state index in [-0.39, 0.29) is 17.7 Å². The Labute approximate surface area is 124 Å². The monoisotopic (exact) mass is 294 g/mol. The molecule has 3 rings (SSSR count). The Balaban J connectivity index is 1.68. The zero-order chi connectivity index (χ0) is 14.9. The summed E-state index contributed by atoms with van der Waals surface area (Å²) in [5.74, 6) is -0.175. The summed E-state index contributed by atoms with van der Waals surface area (Å²) in [6, 6.07) is 0. The number of primary amides is 1. The molecule has 6 nitrogen and oxygen atoms in total. The predicted molar refractivity (Wildman–Crippen MR) is 75.3 cm³/mol. The van der Waals surface area contributed by atoms with Crippen LogP contribution in [0.5, 0.6) is 0 Å². The third-order valence-electron chi connectivity index (χ3n) is 4.99. The lowest BCUT2D eigenvalue weighted by molar-refractivity contribution is -0.136. The Hall–Kier alpha value is -1.40. The molecular weight excluding hydrogens is 272 g/mol. The van der Waals surface area contributed by atoms with Crippen LogP contribution in [0.3, 0.4) is 0 Å². The molecule has 0 unspecified atom stereocenters. The average molecular weight is 294 g/mol. The standard InChI is InChI=1S/C15H22N2O4/c16-14(19)15-3-6-21-9-12(15)8-17(10-15)13(18)7-11-1-4-20-5-2-11/h1,12H,2-10H2,(H2,16,19)/t12-,15+/m1/s1. The maximum Gasteiger partial charge on any atom is 0.226 e. The molecule has 0 aromatic carbocycles.